The molecule has 0 atom stereocenters. The van der Waals surface area contributed by atoms with Crippen LogP contribution in [0.15, 0.2) is 12.3 Å². The second-order valence-electron chi connectivity index (χ2n) is 5.68. The van der Waals surface area contributed by atoms with E-state index < -0.39 is 0 Å². The Balaban J connectivity index is 1.88. The highest BCUT2D eigenvalue weighted by molar-refractivity contribution is 6.03. The first kappa shape index (κ1) is 16.0. The molecule has 2 aromatic heterocycles. The molecule has 1 aliphatic rings. The smallest absolute Gasteiger partial charge is 0.320 e. The molecule has 1 aliphatic heterocycles. The van der Waals surface area contributed by atoms with Gasteiger partial charge in [-0.2, -0.15) is 15.1 Å². The number of ether oxygens (including phenoxy) is 1. The summed E-state index contributed by atoms with van der Waals surface area (Å²) in [5.41, 5.74) is 7.23. The van der Waals surface area contributed by atoms with Crippen LogP contribution in [0, 0.1) is 0 Å². The summed E-state index contributed by atoms with van der Waals surface area (Å²) in [6.45, 7) is 3.23. The molecule has 0 radical (unpaired) electrons. The predicted octanol–water partition coefficient (Wildman–Crippen LogP) is 0.930. The number of aromatic nitrogens is 4. The molecule has 0 fully saturated rings. The highest BCUT2D eigenvalue weighted by atomic mass is 16.5. The number of carbonyl (C=O) groups is 1. The van der Waals surface area contributed by atoms with E-state index >= 15 is 0 Å². The number of nitrogens with zero attached hydrogens (tertiary/aromatic N) is 5. The molecule has 0 spiro atoms. The van der Waals surface area contributed by atoms with Crippen LogP contribution in [0.2, 0.25) is 0 Å². The fourth-order valence-corrected chi connectivity index (χ4v) is 2.47. The van der Waals surface area contributed by atoms with E-state index in [0.717, 1.165) is 18.5 Å². The van der Waals surface area contributed by atoms with Crippen LogP contribution in [-0.4, -0.2) is 38.8 Å². The van der Waals surface area contributed by atoms with E-state index in [1.807, 2.05) is 24.2 Å². The van der Waals surface area contributed by atoms with Gasteiger partial charge in [-0.1, -0.05) is 13.3 Å². The molecule has 3 heterocycles. The van der Waals surface area contributed by atoms with E-state index in [1.54, 1.807) is 4.68 Å². The highest BCUT2D eigenvalue weighted by Crippen LogP contribution is 2.34. The largest absolute Gasteiger partial charge is 0.463 e. The molecule has 1 amide bonds. The predicted molar refractivity (Wildman–Crippen MR) is 89.7 cm³/mol. The molecule has 3 rings (SSSR count). The van der Waals surface area contributed by atoms with Gasteiger partial charge in [-0.3, -0.25) is 9.48 Å². The van der Waals surface area contributed by atoms with Crippen LogP contribution in [0.3, 0.4) is 0 Å². The number of hydrogen-bond acceptors (Lipinski definition) is 7. The highest BCUT2D eigenvalue weighted by Gasteiger charge is 2.27. The van der Waals surface area contributed by atoms with Gasteiger partial charge in [0.1, 0.15) is 5.69 Å². The molecule has 0 aliphatic carbocycles. The molecular formula is C15H21N7O2. The van der Waals surface area contributed by atoms with Crippen molar-refractivity contribution in [2.45, 2.75) is 26.3 Å². The van der Waals surface area contributed by atoms with Crippen LogP contribution >= 0.6 is 0 Å². The number of rotatable bonds is 6. The minimum Gasteiger partial charge on any atom is -0.463 e. The summed E-state index contributed by atoms with van der Waals surface area (Å²) in [4.78, 5) is 22.3. The fourth-order valence-electron chi connectivity index (χ4n) is 2.47. The van der Waals surface area contributed by atoms with Gasteiger partial charge in [-0.05, 0) is 12.5 Å². The zero-order chi connectivity index (χ0) is 17.1. The Labute approximate surface area is 139 Å². The number of nitrogens with two attached hydrogens (primary N) is 1. The van der Waals surface area contributed by atoms with Crippen LogP contribution in [0.5, 0.6) is 6.01 Å². The average Bonchev–Trinajstić information content (AvgIpc) is 2.94. The van der Waals surface area contributed by atoms with Crippen LogP contribution in [0.25, 0.3) is 0 Å². The van der Waals surface area contributed by atoms with Crippen molar-refractivity contribution in [2.24, 2.45) is 7.05 Å². The lowest BCUT2D eigenvalue weighted by Crippen LogP contribution is -2.39. The topological polar surface area (TPSA) is 111 Å². The summed E-state index contributed by atoms with van der Waals surface area (Å²) in [5.74, 6) is 0.596. The minimum absolute atomic E-state index is 0.159. The number of amides is 1. The maximum absolute atomic E-state index is 12.0. The van der Waals surface area contributed by atoms with Gasteiger partial charge < -0.3 is 20.7 Å². The van der Waals surface area contributed by atoms with E-state index in [2.05, 4.69) is 27.3 Å². The van der Waals surface area contributed by atoms with Gasteiger partial charge in [0, 0.05) is 13.2 Å². The minimum atomic E-state index is -0.159. The first-order chi connectivity index (χ1) is 11.6. The summed E-state index contributed by atoms with van der Waals surface area (Å²) in [6, 6.07) is 2.12. The Morgan fingerprint density at radius 1 is 1.42 bits per heavy atom. The molecule has 9 nitrogen and oxygen atoms in total. The third-order valence-corrected chi connectivity index (χ3v) is 3.65. The molecule has 24 heavy (non-hydrogen) atoms. The van der Waals surface area contributed by atoms with Crippen molar-refractivity contribution >= 4 is 23.2 Å². The van der Waals surface area contributed by atoms with Gasteiger partial charge in [-0.25, -0.2) is 0 Å². The lowest BCUT2D eigenvalue weighted by atomic mass is 10.2. The van der Waals surface area contributed by atoms with Crippen molar-refractivity contribution in [2.75, 3.05) is 29.1 Å². The van der Waals surface area contributed by atoms with Crippen molar-refractivity contribution < 1.29 is 9.53 Å². The summed E-state index contributed by atoms with van der Waals surface area (Å²) >= 11 is 0. The van der Waals surface area contributed by atoms with Crippen LogP contribution in [0.1, 0.15) is 25.5 Å². The normalized spacial score (nSPS) is 13.6. The lowest BCUT2D eigenvalue weighted by molar-refractivity contribution is -0.115. The van der Waals surface area contributed by atoms with Crippen LogP contribution in [0.4, 0.5) is 17.3 Å². The number of anilines is 3. The van der Waals surface area contributed by atoms with Gasteiger partial charge in [0.2, 0.25) is 5.91 Å². The Morgan fingerprint density at radius 2 is 2.25 bits per heavy atom. The molecule has 2 aromatic rings. The van der Waals surface area contributed by atoms with E-state index in [1.165, 1.54) is 0 Å². The zero-order valence-corrected chi connectivity index (χ0v) is 13.8. The van der Waals surface area contributed by atoms with Gasteiger partial charge in [-0.15, -0.1) is 0 Å². The van der Waals surface area contributed by atoms with E-state index in [4.69, 9.17) is 10.5 Å². The fraction of sp³-hybridized carbons (Fsp3) is 0.467. The van der Waals surface area contributed by atoms with Gasteiger partial charge in [0.05, 0.1) is 25.4 Å². The molecule has 0 saturated carbocycles. The second kappa shape index (κ2) is 6.73. The number of nitrogens with one attached hydrogen (secondary N) is 1. The van der Waals surface area contributed by atoms with E-state index in [-0.39, 0.29) is 24.3 Å². The summed E-state index contributed by atoms with van der Waals surface area (Å²) in [7, 11) is 1.85. The average molecular weight is 331 g/mol. The third-order valence-electron chi connectivity index (χ3n) is 3.65. The number of nitrogen functional groups attached to an aromatic ring is 1. The van der Waals surface area contributed by atoms with E-state index in [9.17, 15) is 4.79 Å². The number of hydrogen-bond donors (Lipinski definition) is 2. The molecule has 0 saturated heterocycles. The quantitative estimate of drug-likeness (QED) is 0.757. The number of fused-ring (bicyclic) bond motifs is 1. The molecule has 128 valence electrons. The van der Waals surface area contributed by atoms with Crippen molar-refractivity contribution in [3.05, 3.63) is 18.0 Å². The standard InChI is InChI=1S/C15H21N7O2/c1-3-4-7-24-15-18-13(16)12-14(19-15)22(9-11(23)17-12)8-10-5-6-21(2)20-10/h5-6H,3-4,7-9H2,1-2H3,(H,17,23)(H2,16,18,19). The van der Waals surface area contributed by atoms with Gasteiger partial charge >= 0.3 is 6.01 Å². The molecule has 9 heteroatoms. The van der Waals surface area contributed by atoms with Crippen molar-refractivity contribution in [1.82, 2.24) is 19.7 Å². The molecular weight excluding hydrogens is 310 g/mol. The first-order valence-electron chi connectivity index (χ1n) is 7.90. The van der Waals surface area contributed by atoms with E-state index in [0.29, 0.717) is 24.7 Å². The van der Waals surface area contributed by atoms with Crippen molar-refractivity contribution in [3.63, 3.8) is 0 Å². The summed E-state index contributed by atoms with van der Waals surface area (Å²) in [5, 5.41) is 7.08. The number of aryl methyl sites for hydroxylation is 1. The zero-order valence-electron chi connectivity index (χ0n) is 13.8. The summed E-state index contributed by atoms with van der Waals surface area (Å²) in [6.07, 6.45) is 3.78. The van der Waals surface area contributed by atoms with Crippen LogP contribution < -0.4 is 20.7 Å². The molecule has 3 N–H and O–H groups in total. The van der Waals surface area contributed by atoms with Gasteiger partial charge in [0.15, 0.2) is 11.6 Å². The van der Waals surface area contributed by atoms with Crippen molar-refractivity contribution in [3.8, 4) is 6.01 Å². The first-order valence-corrected chi connectivity index (χ1v) is 7.90. The van der Waals surface area contributed by atoms with Crippen molar-refractivity contribution in [1.29, 1.82) is 0 Å². The molecule has 0 aromatic carbocycles. The van der Waals surface area contributed by atoms with Crippen LogP contribution in [-0.2, 0) is 18.4 Å². The SMILES string of the molecule is CCCCOc1nc(N)c2c(n1)N(Cc1ccn(C)n1)CC(=O)N2. The Kier molecular flexibility index (Phi) is 4.50. The Hall–Kier alpha value is -2.84. The Bertz CT molecular complexity index is 743. The maximum Gasteiger partial charge on any atom is 0.320 e. The maximum atomic E-state index is 12.0. The molecule has 0 unspecified atom stereocenters. The lowest BCUT2D eigenvalue weighted by Gasteiger charge is -2.29. The number of carbonyl (C=O) groups excluding carboxylic acids is 1. The van der Waals surface area contributed by atoms with Gasteiger partial charge in [0.25, 0.3) is 0 Å². The summed E-state index contributed by atoms with van der Waals surface area (Å²) < 4.78 is 7.28. The third kappa shape index (κ3) is 3.39. The second-order valence-corrected chi connectivity index (χ2v) is 5.68. The monoisotopic (exact) mass is 331 g/mol. The molecule has 0 bridgehead atoms. The Morgan fingerprint density at radius 3 is 2.96 bits per heavy atom. The number of unbranched alkanes of at least 4 members (excludes halogenated alkanes) is 1.